The summed E-state index contributed by atoms with van der Waals surface area (Å²) < 4.78 is 0. The molecule has 0 saturated heterocycles. The van der Waals surface area contributed by atoms with Crippen molar-refractivity contribution in [2.75, 3.05) is 6.54 Å². The SMILES string of the molecule is C=C(C)/C(C)=C\C=[NH+]CC(C)=O. The molecule has 0 amide bonds. The summed E-state index contributed by atoms with van der Waals surface area (Å²) in [5.74, 6) is 0.132. The lowest BCUT2D eigenvalue weighted by molar-refractivity contribution is -0.437. The molecule has 0 aliphatic carbocycles. The summed E-state index contributed by atoms with van der Waals surface area (Å²) >= 11 is 0. The number of hydrogen-bond donors (Lipinski definition) is 1. The van der Waals surface area contributed by atoms with Gasteiger partial charge in [0.2, 0.25) is 0 Å². The van der Waals surface area contributed by atoms with Crippen LogP contribution in [0.3, 0.4) is 0 Å². The molecule has 2 nitrogen and oxygen atoms in total. The van der Waals surface area contributed by atoms with E-state index in [2.05, 4.69) is 11.6 Å². The van der Waals surface area contributed by atoms with Gasteiger partial charge in [0.15, 0.2) is 18.5 Å². The molecule has 2 heteroatoms. The highest BCUT2D eigenvalue weighted by Gasteiger charge is 1.91. The van der Waals surface area contributed by atoms with Gasteiger partial charge < -0.3 is 0 Å². The monoisotopic (exact) mass is 166 g/mol. The van der Waals surface area contributed by atoms with Crippen LogP contribution in [0.4, 0.5) is 0 Å². The fourth-order valence-electron chi connectivity index (χ4n) is 0.529. The molecule has 0 rings (SSSR count). The van der Waals surface area contributed by atoms with Gasteiger partial charge in [-0.15, -0.1) is 0 Å². The predicted molar refractivity (Wildman–Crippen MR) is 51.1 cm³/mol. The molecule has 0 atom stereocenters. The maximum absolute atomic E-state index is 10.5. The fourth-order valence-corrected chi connectivity index (χ4v) is 0.529. The van der Waals surface area contributed by atoms with Crippen LogP contribution in [0.25, 0.3) is 0 Å². The zero-order chi connectivity index (χ0) is 9.56. The van der Waals surface area contributed by atoms with Gasteiger partial charge in [0, 0.05) is 13.0 Å². The molecule has 0 heterocycles. The molecule has 12 heavy (non-hydrogen) atoms. The van der Waals surface area contributed by atoms with Crippen LogP contribution >= 0.6 is 0 Å². The van der Waals surface area contributed by atoms with Crippen molar-refractivity contribution in [2.24, 2.45) is 0 Å². The Balaban J connectivity index is 3.95. The molecule has 0 aromatic carbocycles. The Bertz CT molecular complexity index is 236. The summed E-state index contributed by atoms with van der Waals surface area (Å²) in [6.07, 6.45) is 3.68. The molecule has 66 valence electrons. The Hall–Kier alpha value is -1.18. The van der Waals surface area contributed by atoms with E-state index in [0.29, 0.717) is 6.54 Å². The van der Waals surface area contributed by atoms with Gasteiger partial charge in [0.05, 0.1) is 0 Å². The van der Waals surface area contributed by atoms with Crippen molar-refractivity contribution in [2.45, 2.75) is 20.8 Å². The first-order valence-corrected chi connectivity index (χ1v) is 3.93. The van der Waals surface area contributed by atoms with E-state index in [0.717, 1.165) is 11.1 Å². The number of allylic oxidation sites excluding steroid dienone is 3. The lowest BCUT2D eigenvalue weighted by Gasteiger charge is -1.92. The van der Waals surface area contributed by atoms with Crippen molar-refractivity contribution >= 4 is 12.0 Å². The van der Waals surface area contributed by atoms with Gasteiger partial charge in [-0.1, -0.05) is 12.2 Å². The summed E-state index contributed by atoms with van der Waals surface area (Å²) in [5.41, 5.74) is 2.15. The lowest BCUT2D eigenvalue weighted by Crippen LogP contribution is -2.70. The minimum absolute atomic E-state index is 0.132. The van der Waals surface area contributed by atoms with Crippen LogP contribution in [-0.4, -0.2) is 18.5 Å². The van der Waals surface area contributed by atoms with Crippen molar-refractivity contribution in [1.82, 2.24) is 0 Å². The number of rotatable bonds is 4. The first-order valence-electron chi connectivity index (χ1n) is 3.93. The number of Topliss-reactive ketones (excluding diaryl/α,β-unsaturated/α-hetero) is 1. The first-order chi connectivity index (χ1) is 5.54. The van der Waals surface area contributed by atoms with E-state index in [-0.39, 0.29) is 5.78 Å². The zero-order valence-electron chi connectivity index (χ0n) is 7.98. The fraction of sp³-hybridized carbons (Fsp3) is 0.400. The molecule has 0 aliphatic heterocycles. The molecule has 0 radical (unpaired) electrons. The second-order valence-electron chi connectivity index (χ2n) is 2.88. The molecule has 0 aromatic rings. The topological polar surface area (TPSA) is 31.0 Å². The molecular weight excluding hydrogens is 150 g/mol. The number of nitrogens with one attached hydrogen (secondary N) is 1. The second kappa shape index (κ2) is 5.47. The van der Waals surface area contributed by atoms with Gasteiger partial charge in [0.25, 0.3) is 0 Å². The molecule has 1 N–H and O–H groups in total. The average molecular weight is 166 g/mol. The lowest BCUT2D eigenvalue weighted by atomic mass is 10.1. The van der Waals surface area contributed by atoms with Crippen LogP contribution in [-0.2, 0) is 4.79 Å². The minimum Gasteiger partial charge on any atom is -0.293 e. The quantitative estimate of drug-likeness (QED) is 0.471. The van der Waals surface area contributed by atoms with Crippen LogP contribution in [0.5, 0.6) is 0 Å². The highest BCUT2D eigenvalue weighted by Crippen LogP contribution is 2.01. The van der Waals surface area contributed by atoms with E-state index in [1.54, 1.807) is 13.1 Å². The summed E-state index contributed by atoms with van der Waals surface area (Å²) in [6, 6.07) is 0. The number of ketones is 1. The molecule has 0 fully saturated rings. The molecule has 0 spiro atoms. The number of carbonyl (C=O) groups is 1. The largest absolute Gasteiger partial charge is 0.293 e. The molecule has 0 aromatic heterocycles. The van der Waals surface area contributed by atoms with Gasteiger partial charge in [-0.25, -0.2) is 4.99 Å². The summed E-state index contributed by atoms with van der Waals surface area (Å²) in [6.45, 7) is 9.66. The summed E-state index contributed by atoms with van der Waals surface area (Å²) in [4.78, 5) is 13.4. The van der Waals surface area contributed by atoms with Gasteiger partial charge in [-0.05, 0) is 19.4 Å². The first kappa shape index (κ1) is 10.8. The highest BCUT2D eigenvalue weighted by atomic mass is 16.1. The predicted octanol–water partition coefficient (Wildman–Crippen LogP) is 0.249. The second-order valence-corrected chi connectivity index (χ2v) is 2.88. The van der Waals surface area contributed by atoms with Crippen LogP contribution in [0.1, 0.15) is 20.8 Å². The molecule has 0 bridgehead atoms. The highest BCUT2D eigenvalue weighted by molar-refractivity contribution is 5.77. The van der Waals surface area contributed by atoms with Crippen LogP contribution < -0.4 is 4.99 Å². The smallest absolute Gasteiger partial charge is 0.198 e. The van der Waals surface area contributed by atoms with Crippen LogP contribution in [0, 0.1) is 0 Å². The van der Waals surface area contributed by atoms with E-state index in [9.17, 15) is 4.79 Å². The zero-order valence-corrected chi connectivity index (χ0v) is 7.98. The summed E-state index contributed by atoms with van der Waals surface area (Å²) in [7, 11) is 0. The van der Waals surface area contributed by atoms with Crippen molar-refractivity contribution in [3.63, 3.8) is 0 Å². The van der Waals surface area contributed by atoms with Gasteiger partial charge >= 0.3 is 0 Å². The van der Waals surface area contributed by atoms with E-state index < -0.39 is 0 Å². The normalized spacial score (nSPS) is 12.1. The van der Waals surface area contributed by atoms with Gasteiger partial charge in [0.1, 0.15) is 0 Å². The van der Waals surface area contributed by atoms with Crippen molar-refractivity contribution in [3.05, 3.63) is 23.8 Å². The van der Waals surface area contributed by atoms with Crippen LogP contribution in [0.15, 0.2) is 23.8 Å². The maximum atomic E-state index is 10.5. The van der Waals surface area contributed by atoms with E-state index in [1.165, 1.54) is 0 Å². The number of carbonyl (C=O) groups excluding carboxylic acids is 1. The third kappa shape index (κ3) is 5.59. The molecule has 0 saturated carbocycles. The van der Waals surface area contributed by atoms with E-state index >= 15 is 0 Å². The molecule has 0 unspecified atom stereocenters. The standard InChI is InChI=1S/C10H15NO/c1-8(2)9(3)5-6-11-7-10(4)12/h5-6H,1,7H2,2-4H3/p+1/b9-5-,11-6?. The third-order valence-corrected chi connectivity index (χ3v) is 1.48. The van der Waals surface area contributed by atoms with Crippen molar-refractivity contribution < 1.29 is 9.79 Å². The van der Waals surface area contributed by atoms with E-state index in [1.807, 2.05) is 19.9 Å². The molecular formula is C10H16NO+. The van der Waals surface area contributed by atoms with Crippen LogP contribution in [0.2, 0.25) is 0 Å². The van der Waals surface area contributed by atoms with E-state index in [4.69, 9.17) is 0 Å². The van der Waals surface area contributed by atoms with Gasteiger partial charge in [-0.2, -0.15) is 0 Å². The Morgan fingerprint density at radius 1 is 1.42 bits per heavy atom. The molecule has 0 aliphatic rings. The number of hydrogen-bond acceptors (Lipinski definition) is 1. The Labute approximate surface area is 73.7 Å². The third-order valence-electron chi connectivity index (χ3n) is 1.48. The Morgan fingerprint density at radius 3 is 2.42 bits per heavy atom. The minimum atomic E-state index is 0.132. The Morgan fingerprint density at radius 2 is 2.00 bits per heavy atom. The van der Waals surface area contributed by atoms with Crippen molar-refractivity contribution in [1.29, 1.82) is 0 Å². The van der Waals surface area contributed by atoms with Gasteiger partial charge in [-0.3, -0.25) is 4.79 Å². The van der Waals surface area contributed by atoms with Crippen molar-refractivity contribution in [3.8, 4) is 0 Å². The summed E-state index contributed by atoms with van der Waals surface area (Å²) in [5, 5.41) is 0. The maximum Gasteiger partial charge on any atom is 0.198 e. The Kier molecular flexibility index (Phi) is 4.93. The average Bonchev–Trinajstić information content (AvgIpc) is 1.97.